The van der Waals surface area contributed by atoms with Crippen LogP contribution in [0.25, 0.3) is 10.1 Å². The van der Waals surface area contributed by atoms with E-state index in [-0.39, 0.29) is 11.4 Å². The van der Waals surface area contributed by atoms with E-state index in [1.807, 2.05) is 43.5 Å². The van der Waals surface area contributed by atoms with Crippen LogP contribution in [0, 0.1) is 0 Å². The van der Waals surface area contributed by atoms with E-state index in [0.29, 0.717) is 12.1 Å². The molecule has 0 fully saturated rings. The van der Waals surface area contributed by atoms with E-state index < -0.39 is 0 Å². The van der Waals surface area contributed by atoms with Gasteiger partial charge in [-0.2, -0.15) is 0 Å². The lowest BCUT2D eigenvalue weighted by molar-refractivity contribution is 0.0916. The monoisotopic (exact) mass is 248 g/mol. The predicted octanol–water partition coefficient (Wildman–Crippen LogP) is 2.37. The maximum Gasteiger partial charge on any atom is 0.251 e. The molecule has 0 bridgehead atoms. The largest absolute Gasteiger partial charge is 0.346 e. The Bertz CT molecular complexity index is 545. The Morgan fingerprint density at radius 1 is 1.41 bits per heavy atom. The number of benzene rings is 1. The van der Waals surface area contributed by atoms with Crippen molar-refractivity contribution in [2.24, 2.45) is 5.73 Å². The number of nitrogens with one attached hydrogen (secondary N) is 1. The summed E-state index contributed by atoms with van der Waals surface area (Å²) in [5.74, 6) is -0.0754. The molecule has 0 unspecified atom stereocenters. The Hall–Kier alpha value is -1.39. The summed E-state index contributed by atoms with van der Waals surface area (Å²) in [6, 6.07) is 7.75. The summed E-state index contributed by atoms with van der Waals surface area (Å²) in [6.07, 6.45) is 0. The molecule has 0 saturated carbocycles. The van der Waals surface area contributed by atoms with Gasteiger partial charge in [0.15, 0.2) is 0 Å². The molecule has 0 aliphatic heterocycles. The van der Waals surface area contributed by atoms with E-state index in [0.717, 1.165) is 5.39 Å². The summed E-state index contributed by atoms with van der Waals surface area (Å²) in [6.45, 7) is 4.24. The molecule has 1 aromatic carbocycles. The highest BCUT2D eigenvalue weighted by atomic mass is 32.1. The molecule has 17 heavy (non-hydrogen) atoms. The van der Waals surface area contributed by atoms with Crippen molar-refractivity contribution in [3.05, 3.63) is 35.2 Å². The average molecular weight is 248 g/mol. The maximum atomic E-state index is 12.0. The quantitative estimate of drug-likeness (QED) is 0.876. The number of rotatable bonds is 3. The standard InChI is InChI=1S/C13H16N2OS/c1-13(2,8-14)15-12(16)10-3-4-11-9(7-10)5-6-17-11/h3-7H,8,14H2,1-2H3,(H,15,16). The third kappa shape index (κ3) is 2.65. The van der Waals surface area contributed by atoms with E-state index in [1.54, 1.807) is 11.3 Å². The first-order chi connectivity index (χ1) is 8.02. The smallest absolute Gasteiger partial charge is 0.251 e. The van der Waals surface area contributed by atoms with Crippen molar-refractivity contribution < 1.29 is 4.79 Å². The molecule has 1 heterocycles. The molecule has 90 valence electrons. The minimum absolute atomic E-state index is 0.0754. The van der Waals surface area contributed by atoms with Gasteiger partial charge in [-0.3, -0.25) is 4.79 Å². The van der Waals surface area contributed by atoms with Gasteiger partial charge in [-0.05, 0) is 48.9 Å². The van der Waals surface area contributed by atoms with Gasteiger partial charge in [0.05, 0.1) is 0 Å². The van der Waals surface area contributed by atoms with E-state index in [4.69, 9.17) is 5.73 Å². The zero-order valence-corrected chi connectivity index (χ0v) is 10.8. The van der Waals surface area contributed by atoms with Gasteiger partial charge in [-0.1, -0.05) is 0 Å². The minimum atomic E-state index is -0.374. The lowest BCUT2D eigenvalue weighted by Gasteiger charge is -2.24. The van der Waals surface area contributed by atoms with Crippen molar-refractivity contribution in [1.82, 2.24) is 5.32 Å². The van der Waals surface area contributed by atoms with Crippen LogP contribution in [0.2, 0.25) is 0 Å². The molecule has 2 aromatic rings. The van der Waals surface area contributed by atoms with Gasteiger partial charge in [0.1, 0.15) is 0 Å². The zero-order valence-electron chi connectivity index (χ0n) is 9.99. The van der Waals surface area contributed by atoms with Crippen LogP contribution in [-0.4, -0.2) is 18.0 Å². The van der Waals surface area contributed by atoms with Crippen LogP contribution in [0.4, 0.5) is 0 Å². The number of amides is 1. The van der Waals surface area contributed by atoms with Gasteiger partial charge in [-0.25, -0.2) is 0 Å². The fourth-order valence-corrected chi connectivity index (χ4v) is 2.31. The molecule has 0 aliphatic rings. The third-order valence-electron chi connectivity index (χ3n) is 2.68. The van der Waals surface area contributed by atoms with Crippen LogP contribution in [-0.2, 0) is 0 Å². The molecule has 0 saturated heterocycles. The first kappa shape index (κ1) is 12.1. The van der Waals surface area contributed by atoms with Crippen LogP contribution >= 0.6 is 11.3 Å². The average Bonchev–Trinajstić information content (AvgIpc) is 2.75. The molecule has 4 heteroatoms. The second-order valence-electron chi connectivity index (χ2n) is 4.72. The second-order valence-corrected chi connectivity index (χ2v) is 5.66. The molecule has 3 N–H and O–H groups in total. The Labute approximate surface area is 105 Å². The predicted molar refractivity (Wildman–Crippen MR) is 72.4 cm³/mol. The topological polar surface area (TPSA) is 55.1 Å². The van der Waals surface area contributed by atoms with Crippen molar-refractivity contribution in [2.45, 2.75) is 19.4 Å². The van der Waals surface area contributed by atoms with Crippen LogP contribution in [0.3, 0.4) is 0 Å². The van der Waals surface area contributed by atoms with Crippen LogP contribution in [0.1, 0.15) is 24.2 Å². The SMILES string of the molecule is CC(C)(CN)NC(=O)c1ccc2sccc2c1. The second kappa shape index (κ2) is 4.47. The molecule has 0 radical (unpaired) electrons. The Kier molecular flexibility index (Phi) is 3.17. The number of carbonyl (C=O) groups excluding carboxylic acids is 1. The van der Waals surface area contributed by atoms with Gasteiger partial charge < -0.3 is 11.1 Å². The summed E-state index contributed by atoms with van der Waals surface area (Å²) < 4.78 is 1.19. The van der Waals surface area contributed by atoms with Crippen molar-refractivity contribution >= 4 is 27.3 Å². The van der Waals surface area contributed by atoms with Crippen molar-refractivity contribution in [2.75, 3.05) is 6.54 Å². The number of carbonyl (C=O) groups is 1. The Morgan fingerprint density at radius 3 is 2.88 bits per heavy atom. The Balaban J connectivity index is 2.24. The van der Waals surface area contributed by atoms with E-state index >= 15 is 0 Å². The number of nitrogens with two attached hydrogens (primary N) is 1. The van der Waals surface area contributed by atoms with Gasteiger partial charge in [0.2, 0.25) is 0 Å². The van der Waals surface area contributed by atoms with Gasteiger partial charge in [0, 0.05) is 22.3 Å². The highest BCUT2D eigenvalue weighted by Crippen LogP contribution is 2.21. The summed E-state index contributed by atoms with van der Waals surface area (Å²) >= 11 is 1.67. The number of fused-ring (bicyclic) bond motifs is 1. The molecule has 1 aromatic heterocycles. The highest BCUT2D eigenvalue weighted by Gasteiger charge is 2.19. The molecule has 0 spiro atoms. The maximum absolute atomic E-state index is 12.0. The molecule has 3 nitrogen and oxygen atoms in total. The number of hydrogen-bond donors (Lipinski definition) is 2. The summed E-state index contributed by atoms with van der Waals surface area (Å²) in [5, 5.41) is 6.05. The molecule has 1 amide bonds. The summed E-state index contributed by atoms with van der Waals surface area (Å²) in [7, 11) is 0. The van der Waals surface area contributed by atoms with Crippen LogP contribution in [0.5, 0.6) is 0 Å². The molecule has 2 rings (SSSR count). The van der Waals surface area contributed by atoms with E-state index in [1.165, 1.54) is 4.70 Å². The normalized spacial score (nSPS) is 11.7. The van der Waals surface area contributed by atoms with Crippen LogP contribution in [0.15, 0.2) is 29.6 Å². The Morgan fingerprint density at radius 2 is 2.18 bits per heavy atom. The molecule has 0 atom stereocenters. The minimum Gasteiger partial charge on any atom is -0.346 e. The van der Waals surface area contributed by atoms with Crippen molar-refractivity contribution in [1.29, 1.82) is 0 Å². The first-order valence-electron chi connectivity index (χ1n) is 5.52. The summed E-state index contributed by atoms with van der Waals surface area (Å²) in [5.41, 5.74) is 5.90. The number of thiophene rings is 1. The van der Waals surface area contributed by atoms with E-state index in [2.05, 4.69) is 5.32 Å². The third-order valence-corrected chi connectivity index (χ3v) is 3.57. The van der Waals surface area contributed by atoms with Crippen molar-refractivity contribution in [3.63, 3.8) is 0 Å². The fourth-order valence-electron chi connectivity index (χ4n) is 1.54. The number of hydrogen-bond acceptors (Lipinski definition) is 3. The molecular formula is C13H16N2OS. The highest BCUT2D eigenvalue weighted by molar-refractivity contribution is 7.17. The van der Waals surface area contributed by atoms with Gasteiger partial charge >= 0.3 is 0 Å². The van der Waals surface area contributed by atoms with Crippen molar-refractivity contribution in [3.8, 4) is 0 Å². The van der Waals surface area contributed by atoms with Gasteiger partial charge in [-0.15, -0.1) is 11.3 Å². The lowest BCUT2D eigenvalue weighted by Crippen LogP contribution is -2.48. The lowest BCUT2D eigenvalue weighted by atomic mass is 10.0. The fraction of sp³-hybridized carbons (Fsp3) is 0.308. The summed E-state index contributed by atoms with van der Waals surface area (Å²) in [4.78, 5) is 12.0. The zero-order chi connectivity index (χ0) is 12.5. The first-order valence-corrected chi connectivity index (χ1v) is 6.40. The molecular weight excluding hydrogens is 232 g/mol. The van der Waals surface area contributed by atoms with E-state index in [9.17, 15) is 4.79 Å². The van der Waals surface area contributed by atoms with Crippen LogP contribution < -0.4 is 11.1 Å². The molecule has 0 aliphatic carbocycles. The van der Waals surface area contributed by atoms with Gasteiger partial charge in [0.25, 0.3) is 5.91 Å².